The molecule has 3 heteroatoms. The molecule has 1 heterocycles. The van der Waals surface area contributed by atoms with Gasteiger partial charge in [-0.05, 0) is 18.8 Å². The van der Waals surface area contributed by atoms with Crippen molar-refractivity contribution in [3.05, 3.63) is 0 Å². The second-order valence-corrected chi connectivity index (χ2v) is 5.36. The van der Waals surface area contributed by atoms with E-state index in [-0.39, 0.29) is 12.1 Å². The van der Waals surface area contributed by atoms with Gasteiger partial charge in [-0.1, -0.05) is 29.5 Å². The lowest BCUT2D eigenvalue weighted by Gasteiger charge is -2.32. The Bertz CT molecular complexity index is 205. The van der Waals surface area contributed by atoms with Crippen LogP contribution in [0.25, 0.3) is 0 Å². The van der Waals surface area contributed by atoms with Gasteiger partial charge in [-0.15, -0.1) is 0 Å². The lowest BCUT2D eigenvalue weighted by Crippen LogP contribution is -2.36. The van der Waals surface area contributed by atoms with Crippen molar-refractivity contribution >= 4 is 28.6 Å². The van der Waals surface area contributed by atoms with Crippen molar-refractivity contribution in [3.63, 3.8) is 0 Å². The van der Waals surface area contributed by atoms with E-state index in [1.54, 1.807) is 0 Å². The normalized spacial score (nSPS) is 47.0. The molecule has 0 bridgehead atoms. The Morgan fingerprint density at radius 3 is 3.00 bits per heavy atom. The van der Waals surface area contributed by atoms with E-state index < -0.39 is 0 Å². The van der Waals surface area contributed by atoms with Crippen LogP contribution in [0.2, 0.25) is 0 Å². The predicted molar refractivity (Wildman–Crippen MR) is 54.2 cm³/mol. The molecule has 0 radical (unpaired) electrons. The number of carbonyl (C=O) groups is 1. The molecule has 4 atom stereocenters. The van der Waals surface area contributed by atoms with Crippen molar-refractivity contribution in [2.24, 2.45) is 11.8 Å². The van der Waals surface area contributed by atoms with Gasteiger partial charge < -0.3 is 4.74 Å². The van der Waals surface area contributed by atoms with Crippen molar-refractivity contribution < 1.29 is 9.53 Å². The van der Waals surface area contributed by atoms with E-state index in [1.807, 2.05) is 0 Å². The summed E-state index contributed by atoms with van der Waals surface area (Å²) in [6.07, 6.45) is 3.32. The number of hydrogen-bond acceptors (Lipinski definition) is 2. The molecule has 12 heavy (non-hydrogen) atoms. The summed E-state index contributed by atoms with van der Waals surface area (Å²) in [4.78, 5) is 11.0. The van der Waals surface area contributed by atoms with Crippen molar-refractivity contribution in [1.82, 2.24) is 0 Å². The summed E-state index contributed by atoms with van der Waals surface area (Å²) in [5.41, 5.74) is 0. The first-order valence-electron chi connectivity index (χ1n) is 4.52. The van der Waals surface area contributed by atoms with Crippen molar-refractivity contribution in [1.29, 1.82) is 0 Å². The first-order valence-corrected chi connectivity index (χ1v) is 5.76. The average Bonchev–Trinajstić information content (AvgIpc) is 2.39. The van der Waals surface area contributed by atoms with Gasteiger partial charge in [-0.2, -0.15) is 0 Å². The summed E-state index contributed by atoms with van der Waals surface area (Å²) < 4.78 is 5.84. The van der Waals surface area contributed by atoms with Crippen molar-refractivity contribution in [2.45, 2.75) is 36.2 Å². The molecule has 0 aromatic heterocycles. The molecular weight excluding hydrogens is 267 g/mol. The maximum absolute atomic E-state index is 11.0. The zero-order valence-corrected chi connectivity index (χ0v) is 9.28. The second kappa shape index (κ2) is 3.16. The van der Waals surface area contributed by atoms with Crippen LogP contribution in [-0.4, -0.2) is 16.0 Å². The molecule has 2 fully saturated rings. The molecule has 0 aromatic carbocycles. The summed E-state index contributed by atoms with van der Waals surface area (Å²) in [7, 11) is 0. The third kappa shape index (κ3) is 1.36. The van der Waals surface area contributed by atoms with E-state index >= 15 is 0 Å². The number of hydrogen-bond donors (Lipinski definition) is 0. The van der Waals surface area contributed by atoms with E-state index in [1.165, 1.54) is 12.8 Å². The standard InChI is InChI=1S/C9H13IO2/c1-5-2-3-6-4-7(11)12-9(6)8(5)10/h5-6,8-9H,2-4H2,1H3/t5?,6?,8-,9?/m0/s1. The molecule has 2 aliphatic rings. The molecule has 0 amide bonds. The van der Waals surface area contributed by atoms with Gasteiger partial charge in [-0.3, -0.25) is 4.79 Å². The summed E-state index contributed by atoms with van der Waals surface area (Å²) in [6, 6.07) is 0. The highest BCUT2D eigenvalue weighted by molar-refractivity contribution is 14.1. The van der Waals surface area contributed by atoms with Crippen LogP contribution in [0, 0.1) is 11.8 Å². The zero-order chi connectivity index (χ0) is 8.72. The Kier molecular flexibility index (Phi) is 2.31. The summed E-state index contributed by atoms with van der Waals surface area (Å²) >= 11 is 2.43. The highest BCUT2D eigenvalue weighted by atomic mass is 127. The number of carbonyl (C=O) groups excluding carboxylic acids is 1. The lowest BCUT2D eigenvalue weighted by atomic mass is 9.80. The zero-order valence-electron chi connectivity index (χ0n) is 7.13. The van der Waals surface area contributed by atoms with Gasteiger partial charge in [-0.25, -0.2) is 0 Å². The molecule has 0 aromatic rings. The van der Waals surface area contributed by atoms with E-state index in [4.69, 9.17) is 4.74 Å². The third-order valence-electron chi connectivity index (χ3n) is 3.01. The molecule has 2 rings (SSSR count). The Labute approximate surface area is 86.2 Å². The second-order valence-electron chi connectivity index (χ2n) is 3.92. The van der Waals surface area contributed by atoms with Crippen molar-refractivity contribution in [3.8, 4) is 0 Å². The minimum Gasteiger partial charge on any atom is -0.461 e. The largest absolute Gasteiger partial charge is 0.461 e. The molecular formula is C9H13IO2. The van der Waals surface area contributed by atoms with Gasteiger partial charge in [0.05, 0.1) is 10.3 Å². The van der Waals surface area contributed by atoms with Gasteiger partial charge in [0.15, 0.2) is 0 Å². The maximum Gasteiger partial charge on any atom is 0.306 e. The van der Waals surface area contributed by atoms with Crippen molar-refractivity contribution in [2.75, 3.05) is 0 Å². The maximum atomic E-state index is 11.0. The van der Waals surface area contributed by atoms with Gasteiger partial charge in [0.2, 0.25) is 0 Å². The van der Waals surface area contributed by atoms with Gasteiger partial charge in [0.25, 0.3) is 0 Å². The SMILES string of the molecule is CC1CCC2CC(=O)OC2[C@H]1I. The first-order chi connectivity index (χ1) is 5.68. The number of rotatable bonds is 0. The average molecular weight is 280 g/mol. The van der Waals surface area contributed by atoms with Crippen LogP contribution in [0.5, 0.6) is 0 Å². The minimum atomic E-state index is 0.0146. The van der Waals surface area contributed by atoms with Gasteiger partial charge >= 0.3 is 5.97 Å². The van der Waals surface area contributed by atoms with E-state index in [2.05, 4.69) is 29.5 Å². The molecule has 1 saturated carbocycles. The fraction of sp³-hybridized carbons (Fsp3) is 0.889. The first kappa shape index (κ1) is 8.78. The molecule has 1 aliphatic heterocycles. The summed E-state index contributed by atoms with van der Waals surface area (Å²) in [5, 5.41) is 0. The van der Waals surface area contributed by atoms with Gasteiger partial charge in [0, 0.05) is 5.92 Å². The van der Waals surface area contributed by atoms with Crippen LogP contribution in [0.1, 0.15) is 26.2 Å². The minimum absolute atomic E-state index is 0.0146. The highest BCUT2D eigenvalue weighted by Gasteiger charge is 2.43. The van der Waals surface area contributed by atoms with Crippen LogP contribution in [0.4, 0.5) is 0 Å². The fourth-order valence-corrected chi connectivity index (χ4v) is 3.27. The molecule has 2 nitrogen and oxygen atoms in total. The highest BCUT2D eigenvalue weighted by Crippen LogP contribution is 2.41. The number of esters is 1. The molecule has 3 unspecified atom stereocenters. The van der Waals surface area contributed by atoms with Crippen LogP contribution in [0.15, 0.2) is 0 Å². The van der Waals surface area contributed by atoms with Gasteiger partial charge in [0.1, 0.15) is 6.10 Å². The quantitative estimate of drug-likeness (QED) is 0.386. The number of ether oxygens (including phenoxy) is 1. The van der Waals surface area contributed by atoms with E-state index in [0.29, 0.717) is 22.2 Å². The number of alkyl halides is 1. The Hall–Kier alpha value is 0.200. The van der Waals surface area contributed by atoms with Crippen LogP contribution in [0.3, 0.4) is 0 Å². The summed E-state index contributed by atoms with van der Waals surface area (Å²) in [6.45, 7) is 2.25. The molecule has 0 N–H and O–H groups in total. The topological polar surface area (TPSA) is 26.3 Å². The monoisotopic (exact) mass is 280 g/mol. The Balaban J connectivity index is 2.11. The third-order valence-corrected chi connectivity index (χ3v) is 4.95. The van der Waals surface area contributed by atoms with E-state index in [9.17, 15) is 4.79 Å². The Morgan fingerprint density at radius 1 is 1.50 bits per heavy atom. The van der Waals surface area contributed by atoms with E-state index in [0.717, 1.165) is 0 Å². The van der Waals surface area contributed by atoms with Crippen LogP contribution < -0.4 is 0 Å². The number of fused-ring (bicyclic) bond motifs is 1. The van der Waals surface area contributed by atoms with Crippen LogP contribution in [-0.2, 0) is 9.53 Å². The van der Waals surface area contributed by atoms with Crippen LogP contribution >= 0.6 is 22.6 Å². The fourth-order valence-electron chi connectivity index (χ4n) is 2.18. The summed E-state index contributed by atoms with van der Waals surface area (Å²) in [5.74, 6) is 1.24. The lowest BCUT2D eigenvalue weighted by molar-refractivity contribution is -0.141. The number of halogens is 1. The molecule has 0 spiro atoms. The molecule has 68 valence electrons. The molecule has 1 aliphatic carbocycles. The smallest absolute Gasteiger partial charge is 0.306 e. The predicted octanol–water partition coefficient (Wildman–Crippen LogP) is 2.15. The Morgan fingerprint density at radius 2 is 2.25 bits per heavy atom. The molecule has 1 saturated heterocycles.